The topological polar surface area (TPSA) is 163 Å². The first kappa shape index (κ1) is 47.9. The van der Waals surface area contributed by atoms with Gasteiger partial charge in [0.25, 0.3) is 0 Å². The number of aliphatic imine (C=N–C) groups is 2. The van der Waals surface area contributed by atoms with Crippen molar-refractivity contribution in [3.63, 3.8) is 0 Å². The summed E-state index contributed by atoms with van der Waals surface area (Å²) in [7, 11) is 1.35. The van der Waals surface area contributed by atoms with Gasteiger partial charge in [0, 0.05) is 5.56 Å². The Bertz CT molecular complexity index is 1980. The number of halogens is 3. The van der Waals surface area contributed by atoms with Crippen molar-refractivity contribution in [2.45, 2.75) is 77.5 Å². The maximum Gasteiger partial charge on any atom is -0.147 e. The standard InChI is InChI=1S/C12H12BNO2S.C11H13NOS.C8H9BBrNO2.C7H10BrNO.ClH/c1-2-11(14-8-13-15)12-5-10(6-16-12)9-3-4-17-7-9;1-2-10(12)11-5-9(6-13-11)8-3-4-14-7-8;1-2-7(11-5-9-12)8-3-6(10)4-13-8;1-2-6(9)7-3-5(8)4-10-7;/h3-8,11H,2H2,1H3;3-7,10H,2,12H2,1H3;3-5,7H,2H2,1H3;3-4,6H,2,9H2,1H3;1H. The zero-order valence-corrected chi connectivity index (χ0v) is 36.6. The number of nitrogens with zero attached hydrogens (tertiary/aromatic N) is 2. The van der Waals surface area contributed by atoms with Crippen LogP contribution in [0.25, 0.3) is 22.3 Å². The van der Waals surface area contributed by atoms with Gasteiger partial charge in [-0.3, -0.25) is 0 Å². The van der Waals surface area contributed by atoms with Crippen LogP contribution in [-0.2, 0) is 9.41 Å². The summed E-state index contributed by atoms with van der Waals surface area (Å²) >= 11 is 9.90. The summed E-state index contributed by atoms with van der Waals surface area (Å²) in [4.78, 5) is 8.18. The third kappa shape index (κ3) is 16.0. The maximum atomic E-state index is 10.3. The van der Waals surface area contributed by atoms with Crippen molar-refractivity contribution in [3.05, 3.63) is 115 Å². The molecular formula is C38H45B2Br2ClN4O6S2. The molecule has 17 heteroatoms. The molecule has 0 aromatic carbocycles. The Balaban J connectivity index is 0.000000256. The normalized spacial score (nSPS) is 12.8. The fraction of sp³-hybridized carbons (Fsp3) is 0.316. The molecule has 0 aliphatic rings. The number of hydrogen-bond donors (Lipinski definition) is 2. The molecule has 10 nitrogen and oxygen atoms in total. The van der Waals surface area contributed by atoms with Crippen LogP contribution in [-0.4, -0.2) is 26.5 Å². The molecule has 0 aliphatic carbocycles. The van der Waals surface area contributed by atoms with Crippen LogP contribution >= 0.6 is 66.9 Å². The van der Waals surface area contributed by atoms with Gasteiger partial charge in [0.2, 0.25) is 0 Å². The number of nitrogens with two attached hydrogens (primary N) is 2. The van der Waals surface area contributed by atoms with E-state index >= 15 is 0 Å². The van der Waals surface area contributed by atoms with Gasteiger partial charge < -0.3 is 20.3 Å². The van der Waals surface area contributed by atoms with Crippen molar-refractivity contribution < 1.29 is 27.1 Å². The van der Waals surface area contributed by atoms with E-state index in [1.54, 1.807) is 47.7 Å². The van der Waals surface area contributed by atoms with Crippen molar-refractivity contribution in [2.24, 2.45) is 21.5 Å². The average molecular weight is 935 g/mol. The predicted molar refractivity (Wildman–Crippen MR) is 234 cm³/mol. The molecule has 0 saturated carbocycles. The van der Waals surface area contributed by atoms with Crippen molar-refractivity contribution >= 4 is 93.5 Å². The summed E-state index contributed by atoms with van der Waals surface area (Å²) < 4.78 is 43.5. The van der Waals surface area contributed by atoms with Crippen LogP contribution in [0.2, 0.25) is 0 Å². The Morgan fingerprint density at radius 3 is 1.36 bits per heavy atom. The van der Waals surface area contributed by atoms with Crippen molar-refractivity contribution in [2.75, 3.05) is 0 Å². The Hall–Kier alpha value is -3.24. The number of furan rings is 4. The van der Waals surface area contributed by atoms with E-state index in [0.29, 0.717) is 14.3 Å². The molecule has 0 amide bonds. The molecule has 0 saturated heterocycles. The van der Waals surface area contributed by atoms with Crippen LogP contribution in [0.3, 0.4) is 0 Å². The minimum atomic E-state index is -0.0763. The Morgan fingerprint density at radius 1 is 0.618 bits per heavy atom. The van der Waals surface area contributed by atoms with E-state index < -0.39 is 0 Å². The molecule has 6 rings (SSSR count). The molecule has 0 fully saturated rings. The van der Waals surface area contributed by atoms with Gasteiger partial charge in [-0.2, -0.15) is 11.3 Å². The van der Waals surface area contributed by atoms with Crippen LogP contribution < -0.4 is 11.5 Å². The largest absolute Gasteiger partial charge is 0.147 e. The van der Waals surface area contributed by atoms with Crippen LogP contribution in [0.1, 0.15) is 101 Å². The molecule has 4 atom stereocenters. The third-order valence-corrected chi connectivity index (χ3v) is 10.0. The van der Waals surface area contributed by atoms with Crippen molar-refractivity contribution in [1.82, 2.24) is 0 Å². The average Bonchev–Trinajstić information content (AvgIpc) is 4.04. The van der Waals surface area contributed by atoms with Crippen molar-refractivity contribution in [1.29, 1.82) is 0 Å². The van der Waals surface area contributed by atoms with E-state index in [0.717, 1.165) is 74.4 Å². The van der Waals surface area contributed by atoms with E-state index in [1.165, 1.54) is 17.8 Å². The van der Waals surface area contributed by atoms with E-state index in [2.05, 4.69) is 77.0 Å². The molecule has 6 aromatic rings. The second-order valence-electron chi connectivity index (χ2n) is 11.6. The number of rotatable bonds is 14. The quantitative estimate of drug-likeness (QED) is 0.0805. The zero-order valence-electron chi connectivity index (χ0n) is 31.0. The van der Waals surface area contributed by atoms with Gasteiger partial charge in [0.05, 0.1) is 22.8 Å². The molecule has 55 heavy (non-hydrogen) atoms. The van der Waals surface area contributed by atoms with Gasteiger partial charge in [0.15, 0.2) is 0 Å². The van der Waals surface area contributed by atoms with Gasteiger partial charge >= 0.3 is 189 Å². The van der Waals surface area contributed by atoms with Crippen LogP contribution in [0, 0.1) is 0 Å². The molecule has 4 N–H and O–H groups in total. The molecule has 292 valence electrons. The van der Waals surface area contributed by atoms with E-state index in [1.807, 2.05) is 50.4 Å². The van der Waals surface area contributed by atoms with E-state index in [-0.39, 0.29) is 36.6 Å². The summed E-state index contributed by atoms with van der Waals surface area (Å²) in [5, 5.41) is 8.27. The smallest absolute Gasteiger partial charge is 0.147 e. The van der Waals surface area contributed by atoms with Gasteiger partial charge in [-0.25, -0.2) is 0 Å². The zero-order chi connectivity index (χ0) is 39.3. The van der Waals surface area contributed by atoms with Gasteiger partial charge in [-0.15, -0.1) is 12.4 Å². The molecule has 0 aliphatic heterocycles. The van der Waals surface area contributed by atoms with Gasteiger partial charge in [0.1, 0.15) is 17.8 Å². The molecule has 6 heterocycles. The molecule has 4 unspecified atom stereocenters. The summed E-state index contributed by atoms with van der Waals surface area (Å²) in [6, 6.07) is 11.8. The van der Waals surface area contributed by atoms with Crippen molar-refractivity contribution in [3.8, 4) is 22.3 Å². The number of hydrogen-bond acceptors (Lipinski definition) is 12. The fourth-order valence-corrected chi connectivity index (χ4v) is 6.67. The second-order valence-corrected chi connectivity index (χ2v) is 15.0. The molecular weight excluding hydrogens is 889 g/mol. The van der Waals surface area contributed by atoms with Gasteiger partial charge in [-0.1, -0.05) is 13.8 Å². The summed E-state index contributed by atoms with van der Waals surface area (Å²) in [6.45, 7) is 8.08. The van der Waals surface area contributed by atoms with E-state index in [4.69, 9.17) is 29.1 Å². The summed E-state index contributed by atoms with van der Waals surface area (Å²) in [5.74, 6) is 3.28. The van der Waals surface area contributed by atoms with Crippen LogP contribution in [0.5, 0.6) is 0 Å². The Labute approximate surface area is 354 Å². The second kappa shape index (κ2) is 26.6. The maximum absolute atomic E-state index is 10.3. The Morgan fingerprint density at radius 2 is 1.00 bits per heavy atom. The monoisotopic (exact) mass is 932 g/mol. The summed E-state index contributed by atoms with van der Waals surface area (Å²) in [5.41, 5.74) is 16.1. The fourth-order valence-electron chi connectivity index (χ4n) is 4.70. The SMILES string of the molecule is CCC(N)c1cc(-c2ccsc2)co1.CCC(N)c1cc(Br)co1.CCC(N=CB=O)c1cc(-c2ccsc2)co1.CCC(N=CB=O)c1cc(Br)co1.Cl. The predicted octanol–water partition coefficient (Wildman–Crippen LogP) is 12.4. The Kier molecular flexibility index (Phi) is 23.2. The van der Waals surface area contributed by atoms with E-state index in [9.17, 15) is 9.41 Å². The minimum Gasteiger partial charge on any atom is -0.147 e. The molecule has 0 bridgehead atoms. The minimum absolute atomic E-state index is 0. The van der Waals surface area contributed by atoms with Gasteiger partial charge in [-0.05, 0) is 63.3 Å². The first-order valence-corrected chi connectivity index (χ1v) is 20.8. The molecule has 0 spiro atoms. The molecule has 0 radical (unpaired) electrons. The summed E-state index contributed by atoms with van der Waals surface area (Å²) in [6.07, 6.45) is 12.7. The molecule has 6 aromatic heterocycles. The third-order valence-electron chi connectivity index (χ3n) is 7.82. The number of thiophene rings is 2. The van der Waals surface area contributed by atoms with Crippen LogP contribution in [0.15, 0.2) is 120 Å². The first-order chi connectivity index (χ1) is 26.2. The first-order valence-electron chi connectivity index (χ1n) is 17.3. The van der Waals surface area contributed by atoms with Crippen LogP contribution in [0.4, 0.5) is 0 Å².